The molecule has 0 saturated heterocycles. The summed E-state index contributed by atoms with van der Waals surface area (Å²) in [6.07, 6.45) is 0. The monoisotopic (exact) mass is 333 g/mol. The molecule has 0 unspecified atom stereocenters. The van der Waals surface area contributed by atoms with E-state index >= 15 is 0 Å². The maximum absolute atomic E-state index is 12.8. The van der Waals surface area contributed by atoms with Gasteiger partial charge in [-0.05, 0) is 44.2 Å². The first-order valence-corrected chi connectivity index (χ1v) is 8.62. The number of benzene rings is 2. The van der Waals surface area contributed by atoms with Crippen LogP contribution >= 0.6 is 0 Å². The molecular formula is C17H19NO4S. The van der Waals surface area contributed by atoms with E-state index in [1.165, 1.54) is 17.5 Å². The van der Waals surface area contributed by atoms with Gasteiger partial charge in [0.15, 0.2) is 0 Å². The molecule has 2 aromatic carbocycles. The molecule has 0 fully saturated rings. The summed E-state index contributed by atoms with van der Waals surface area (Å²) in [7, 11) is -2.40. The van der Waals surface area contributed by atoms with Crippen LogP contribution in [0.15, 0.2) is 53.4 Å². The highest BCUT2D eigenvalue weighted by molar-refractivity contribution is 7.92. The first-order valence-electron chi connectivity index (χ1n) is 7.18. The lowest BCUT2D eigenvalue weighted by atomic mass is 10.2. The molecule has 122 valence electrons. The molecule has 0 aliphatic rings. The van der Waals surface area contributed by atoms with Gasteiger partial charge in [-0.15, -0.1) is 0 Å². The summed E-state index contributed by atoms with van der Waals surface area (Å²) >= 11 is 0. The molecule has 5 nitrogen and oxygen atoms in total. The van der Waals surface area contributed by atoms with Crippen molar-refractivity contribution in [3.05, 3.63) is 59.7 Å². The molecular weight excluding hydrogens is 314 g/mol. The van der Waals surface area contributed by atoms with E-state index in [1.54, 1.807) is 49.4 Å². The minimum Gasteiger partial charge on any atom is -0.465 e. The first-order chi connectivity index (χ1) is 10.9. The molecule has 0 aliphatic heterocycles. The average molecular weight is 333 g/mol. The fourth-order valence-electron chi connectivity index (χ4n) is 2.23. The van der Waals surface area contributed by atoms with Gasteiger partial charge >= 0.3 is 5.97 Å². The molecule has 2 rings (SSSR count). The van der Waals surface area contributed by atoms with Gasteiger partial charge in [0.25, 0.3) is 10.0 Å². The van der Waals surface area contributed by atoms with Crippen molar-refractivity contribution in [3.63, 3.8) is 0 Å². The number of rotatable bonds is 5. The summed E-state index contributed by atoms with van der Waals surface area (Å²) in [4.78, 5) is 11.9. The number of carbonyl (C=O) groups is 1. The second kappa shape index (κ2) is 6.83. The lowest BCUT2D eigenvalue weighted by Crippen LogP contribution is -2.30. The van der Waals surface area contributed by atoms with Crippen molar-refractivity contribution in [2.75, 3.05) is 18.0 Å². The maximum atomic E-state index is 12.8. The van der Waals surface area contributed by atoms with Gasteiger partial charge in [-0.3, -0.25) is 4.31 Å². The number of hydrogen-bond donors (Lipinski definition) is 0. The summed E-state index contributed by atoms with van der Waals surface area (Å²) < 4.78 is 31.6. The van der Waals surface area contributed by atoms with Crippen LogP contribution in [0.3, 0.4) is 0 Å². The van der Waals surface area contributed by atoms with Gasteiger partial charge in [-0.1, -0.05) is 23.8 Å². The van der Waals surface area contributed by atoms with Crippen molar-refractivity contribution in [2.24, 2.45) is 0 Å². The van der Waals surface area contributed by atoms with Crippen LogP contribution in [0.1, 0.15) is 22.8 Å². The predicted molar refractivity (Wildman–Crippen MR) is 89.2 cm³/mol. The smallest absolute Gasteiger partial charge is 0.337 e. The van der Waals surface area contributed by atoms with Crippen LogP contribution in [0, 0.1) is 6.92 Å². The van der Waals surface area contributed by atoms with Gasteiger partial charge < -0.3 is 4.74 Å². The van der Waals surface area contributed by atoms with Gasteiger partial charge in [0.1, 0.15) is 0 Å². The quantitative estimate of drug-likeness (QED) is 0.789. The van der Waals surface area contributed by atoms with E-state index in [9.17, 15) is 13.2 Å². The van der Waals surface area contributed by atoms with Crippen molar-refractivity contribution in [2.45, 2.75) is 18.7 Å². The SMILES string of the molecule is CCN(c1cccc(C(=O)OC)c1)S(=O)(=O)c1ccc(C)cc1. The summed E-state index contributed by atoms with van der Waals surface area (Å²) in [5, 5.41) is 0. The zero-order valence-electron chi connectivity index (χ0n) is 13.3. The predicted octanol–water partition coefficient (Wildman–Crippen LogP) is 3.00. The second-order valence-corrected chi connectivity index (χ2v) is 6.89. The lowest BCUT2D eigenvalue weighted by Gasteiger charge is -2.23. The highest BCUT2D eigenvalue weighted by Crippen LogP contribution is 2.24. The topological polar surface area (TPSA) is 63.7 Å². The normalized spacial score (nSPS) is 11.1. The van der Waals surface area contributed by atoms with Crippen LogP contribution in [0.2, 0.25) is 0 Å². The van der Waals surface area contributed by atoms with Crippen LogP contribution in [-0.4, -0.2) is 28.0 Å². The number of esters is 1. The molecule has 0 heterocycles. The molecule has 0 saturated carbocycles. The Kier molecular flexibility index (Phi) is 5.05. The van der Waals surface area contributed by atoms with E-state index in [0.29, 0.717) is 11.3 Å². The fourth-order valence-corrected chi connectivity index (χ4v) is 3.70. The first kappa shape index (κ1) is 17.0. The maximum Gasteiger partial charge on any atom is 0.337 e. The van der Waals surface area contributed by atoms with Gasteiger partial charge in [0.05, 0.1) is 23.3 Å². The van der Waals surface area contributed by atoms with Crippen molar-refractivity contribution in [1.82, 2.24) is 0 Å². The van der Waals surface area contributed by atoms with Gasteiger partial charge in [-0.2, -0.15) is 0 Å². The fraction of sp³-hybridized carbons (Fsp3) is 0.235. The van der Waals surface area contributed by atoms with Crippen molar-refractivity contribution < 1.29 is 17.9 Å². The molecule has 0 aliphatic carbocycles. The number of ether oxygens (including phenoxy) is 1. The van der Waals surface area contributed by atoms with Crippen LogP contribution < -0.4 is 4.31 Å². The average Bonchev–Trinajstić information content (AvgIpc) is 2.55. The number of sulfonamides is 1. The van der Waals surface area contributed by atoms with E-state index in [1.807, 2.05) is 6.92 Å². The Bertz CT molecular complexity index is 798. The third-order valence-corrected chi connectivity index (χ3v) is 5.37. The molecule has 0 bridgehead atoms. The van der Waals surface area contributed by atoms with Crippen LogP contribution in [0.5, 0.6) is 0 Å². The number of aryl methyl sites for hydroxylation is 1. The number of methoxy groups -OCH3 is 1. The Balaban J connectivity index is 2.46. The van der Waals surface area contributed by atoms with Crippen molar-refractivity contribution in [1.29, 1.82) is 0 Å². The standard InChI is InChI=1S/C17H19NO4S/c1-4-18(15-7-5-6-14(12-15)17(19)22-3)23(20,21)16-10-8-13(2)9-11-16/h5-12H,4H2,1-3H3. The summed E-state index contributed by atoms with van der Waals surface area (Å²) in [5.41, 5.74) is 1.72. The minimum atomic E-state index is -3.69. The molecule has 0 atom stereocenters. The van der Waals surface area contributed by atoms with E-state index in [0.717, 1.165) is 5.56 Å². The number of hydrogen-bond acceptors (Lipinski definition) is 4. The number of nitrogens with zero attached hydrogens (tertiary/aromatic N) is 1. The molecule has 0 N–H and O–H groups in total. The Hall–Kier alpha value is -2.34. The third-order valence-electron chi connectivity index (χ3n) is 3.45. The van der Waals surface area contributed by atoms with Crippen LogP contribution in [-0.2, 0) is 14.8 Å². The zero-order valence-corrected chi connectivity index (χ0v) is 14.1. The Labute approximate surface area is 136 Å². The molecule has 0 spiro atoms. The Morgan fingerprint density at radius 2 is 1.78 bits per heavy atom. The third kappa shape index (κ3) is 3.53. The number of carbonyl (C=O) groups excluding carboxylic acids is 1. The van der Waals surface area contributed by atoms with Crippen molar-refractivity contribution in [3.8, 4) is 0 Å². The van der Waals surface area contributed by atoms with E-state index in [-0.39, 0.29) is 11.4 Å². The highest BCUT2D eigenvalue weighted by Gasteiger charge is 2.24. The van der Waals surface area contributed by atoms with E-state index in [4.69, 9.17) is 0 Å². The Morgan fingerprint density at radius 1 is 1.13 bits per heavy atom. The van der Waals surface area contributed by atoms with Gasteiger partial charge in [0.2, 0.25) is 0 Å². The molecule has 0 radical (unpaired) electrons. The summed E-state index contributed by atoms with van der Waals surface area (Å²) in [5.74, 6) is -0.504. The minimum absolute atomic E-state index is 0.216. The zero-order chi connectivity index (χ0) is 17.0. The largest absolute Gasteiger partial charge is 0.465 e. The lowest BCUT2D eigenvalue weighted by molar-refractivity contribution is 0.0600. The van der Waals surface area contributed by atoms with E-state index < -0.39 is 16.0 Å². The molecule has 0 aromatic heterocycles. The van der Waals surface area contributed by atoms with E-state index in [2.05, 4.69) is 4.74 Å². The summed E-state index contributed by atoms with van der Waals surface area (Å²) in [6.45, 7) is 3.89. The van der Waals surface area contributed by atoms with Gasteiger partial charge in [-0.25, -0.2) is 13.2 Å². The molecule has 6 heteroatoms. The van der Waals surface area contributed by atoms with Crippen LogP contribution in [0.25, 0.3) is 0 Å². The second-order valence-electron chi connectivity index (χ2n) is 5.02. The van der Waals surface area contributed by atoms with Gasteiger partial charge in [0, 0.05) is 6.54 Å². The highest BCUT2D eigenvalue weighted by atomic mass is 32.2. The molecule has 0 amide bonds. The van der Waals surface area contributed by atoms with Crippen molar-refractivity contribution >= 4 is 21.7 Å². The van der Waals surface area contributed by atoms with Crippen LogP contribution in [0.4, 0.5) is 5.69 Å². The molecule has 2 aromatic rings. The number of anilines is 1. The summed E-state index contributed by atoms with van der Waals surface area (Å²) in [6, 6.07) is 13.1. The molecule has 23 heavy (non-hydrogen) atoms. The Morgan fingerprint density at radius 3 is 2.35 bits per heavy atom.